The van der Waals surface area contributed by atoms with E-state index in [1.165, 1.54) is 10.6 Å². The van der Waals surface area contributed by atoms with E-state index in [1.807, 2.05) is 32.9 Å². The summed E-state index contributed by atoms with van der Waals surface area (Å²) in [6, 6.07) is 16.1. The van der Waals surface area contributed by atoms with Gasteiger partial charge in [0.05, 0.1) is 5.69 Å². The van der Waals surface area contributed by atoms with Crippen molar-refractivity contribution in [3.63, 3.8) is 0 Å². The first-order valence-electron chi connectivity index (χ1n) is 9.69. The van der Waals surface area contributed by atoms with Gasteiger partial charge in [0, 0.05) is 11.1 Å². The van der Waals surface area contributed by atoms with E-state index in [0.717, 1.165) is 28.8 Å². The maximum Gasteiger partial charge on any atom is 0.311 e. The van der Waals surface area contributed by atoms with Crippen LogP contribution in [0, 0.1) is 20.8 Å². The molecule has 0 aliphatic heterocycles. The Balaban J connectivity index is 2.13. The van der Waals surface area contributed by atoms with Gasteiger partial charge in [-0.05, 0) is 44.0 Å². The quantitative estimate of drug-likeness (QED) is 0.285. The molecule has 0 fully saturated rings. The van der Waals surface area contributed by atoms with Gasteiger partial charge in [-0.2, -0.15) is 0 Å². The minimum absolute atomic E-state index is 0.257. The lowest BCUT2D eigenvalue weighted by molar-refractivity contribution is 0.364. The predicted octanol–water partition coefficient (Wildman–Crippen LogP) is 8.18. The number of hydrogen-bond donors (Lipinski definition) is 0. The van der Waals surface area contributed by atoms with Crippen LogP contribution in [-0.4, -0.2) is 14.8 Å². The molecule has 168 valence electrons. The molecule has 0 aliphatic rings. The summed E-state index contributed by atoms with van der Waals surface area (Å²) in [6.45, 7) is 5.52. The van der Waals surface area contributed by atoms with Crippen LogP contribution in [0.5, 0.6) is 0 Å². The first kappa shape index (κ1) is 22.0. The van der Waals surface area contributed by atoms with Gasteiger partial charge in [0.25, 0.3) is 0 Å². The Morgan fingerprint density at radius 2 is 1.22 bits per heavy atom. The molecule has 0 N–H and O–H groups in total. The number of rotatable bonds is 4. The van der Waals surface area contributed by atoms with Crippen LogP contribution in [0.1, 0.15) is 16.7 Å². The molecule has 0 unspecified atom stereocenters. The summed E-state index contributed by atoms with van der Waals surface area (Å²) in [5.41, 5.74) is 2.89. The molecule has 3 nitrogen and oxygen atoms in total. The fourth-order valence-electron chi connectivity index (χ4n) is 3.96. The van der Waals surface area contributed by atoms with Gasteiger partial charge in [-0.25, -0.2) is 0 Å². The number of aryl methyl sites for hydroxylation is 3. The molecular formula is C23H20F5N3S. The van der Waals surface area contributed by atoms with E-state index in [2.05, 4.69) is 10.2 Å². The van der Waals surface area contributed by atoms with Crippen LogP contribution in [0.4, 0.5) is 19.4 Å². The SMILES string of the molecule is Cc1cc(C)c(-n2c(-c3ccccc3)nnc2-c2ccccc2S(F)(F)(F)(F)F)c(C)c1. The molecule has 1 aromatic heterocycles. The van der Waals surface area contributed by atoms with E-state index >= 15 is 0 Å². The molecule has 32 heavy (non-hydrogen) atoms. The maximum atomic E-state index is 13.9. The van der Waals surface area contributed by atoms with E-state index in [9.17, 15) is 19.4 Å². The van der Waals surface area contributed by atoms with E-state index in [1.54, 1.807) is 30.3 Å². The zero-order valence-corrected chi connectivity index (χ0v) is 18.3. The van der Waals surface area contributed by atoms with Crippen molar-refractivity contribution in [2.45, 2.75) is 25.7 Å². The fraction of sp³-hybridized carbons (Fsp3) is 0.130. The van der Waals surface area contributed by atoms with Gasteiger partial charge in [-0.1, -0.05) is 79.6 Å². The Labute approximate surface area is 182 Å². The third kappa shape index (κ3) is 4.00. The van der Waals surface area contributed by atoms with Crippen LogP contribution in [-0.2, 0) is 0 Å². The van der Waals surface area contributed by atoms with E-state index in [0.29, 0.717) is 17.3 Å². The molecule has 0 saturated carbocycles. The number of benzene rings is 3. The van der Waals surface area contributed by atoms with Crippen molar-refractivity contribution in [1.82, 2.24) is 14.8 Å². The van der Waals surface area contributed by atoms with Gasteiger partial charge < -0.3 is 0 Å². The summed E-state index contributed by atoms with van der Waals surface area (Å²) in [4.78, 5) is -1.98. The van der Waals surface area contributed by atoms with E-state index in [4.69, 9.17) is 0 Å². The predicted molar refractivity (Wildman–Crippen MR) is 118 cm³/mol. The second-order valence-corrected chi connectivity index (χ2v) is 10.1. The maximum absolute atomic E-state index is 13.9. The normalized spacial score (nSPS) is 14.1. The van der Waals surface area contributed by atoms with E-state index < -0.39 is 20.7 Å². The summed E-state index contributed by atoms with van der Waals surface area (Å²) in [5.74, 6) is -0.0460. The zero-order chi connectivity index (χ0) is 23.4. The number of hydrogen-bond acceptors (Lipinski definition) is 2. The minimum Gasteiger partial charge on any atom is -0.274 e. The van der Waals surface area contributed by atoms with Crippen molar-refractivity contribution in [1.29, 1.82) is 0 Å². The first-order chi connectivity index (χ1) is 14.8. The summed E-state index contributed by atoms with van der Waals surface area (Å²) >= 11 is 0. The van der Waals surface area contributed by atoms with Gasteiger partial charge in [-0.3, -0.25) is 4.57 Å². The molecule has 0 aliphatic carbocycles. The van der Waals surface area contributed by atoms with Crippen molar-refractivity contribution in [3.8, 4) is 28.5 Å². The van der Waals surface area contributed by atoms with Crippen LogP contribution >= 0.6 is 10.2 Å². The van der Waals surface area contributed by atoms with Crippen molar-refractivity contribution in [2.24, 2.45) is 0 Å². The highest BCUT2D eigenvalue weighted by Gasteiger charge is 2.66. The van der Waals surface area contributed by atoms with Gasteiger partial charge >= 0.3 is 10.2 Å². The molecule has 1 heterocycles. The van der Waals surface area contributed by atoms with Gasteiger partial charge in [0.2, 0.25) is 0 Å². The fourth-order valence-corrected chi connectivity index (χ4v) is 4.87. The van der Waals surface area contributed by atoms with Crippen molar-refractivity contribution < 1.29 is 19.4 Å². The van der Waals surface area contributed by atoms with Crippen molar-refractivity contribution in [3.05, 3.63) is 83.4 Å². The lowest BCUT2D eigenvalue weighted by Gasteiger charge is -2.41. The molecule has 0 radical (unpaired) electrons. The van der Waals surface area contributed by atoms with Crippen LogP contribution in [0.15, 0.2) is 71.6 Å². The van der Waals surface area contributed by atoms with Crippen molar-refractivity contribution >= 4 is 10.2 Å². The molecule has 0 spiro atoms. The summed E-state index contributed by atoms with van der Waals surface area (Å²) < 4.78 is 71.0. The molecule has 3 aromatic carbocycles. The molecule has 0 bridgehead atoms. The third-order valence-electron chi connectivity index (χ3n) is 5.10. The van der Waals surface area contributed by atoms with Crippen LogP contribution in [0.3, 0.4) is 0 Å². The standard InChI is InChI=1S/C23H20F5N3S/c1-15-13-16(2)21(17(3)14-15)31-22(18-9-5-4-6-10-18)29-30-23(31)19-11-7-8-12-20(19)32(24,25,26,27)28/h4-14H,1-3H3. The monoisotopic (exact) mass is 465 g/mol. The smallest absolute Gasteiger partial charge is 0.274 e. The van der Waals surface area contributed by atoms with Gasteiger partial charge in [0.15, 0.2) is 11.6 Å². The Morgan fingerprint density at radius 1 is 0.688 bits per heavy atom. The van der Waals surface area contributed by atoms with Crippen LogP contribution < -0.4 is 0 Å². The lowest BCUT2D eigenvalue weighted by atomic mass is 10.0. The van der Waals surface area contributed by atoms with Crippen molar-refractivity contribution in [2.75, 3.05) is 0 Å². The molecule has 9 heteroatoms. The molecule has 4 aromatic rings. The van der Waals surface area contributed by atoms with Crippen LogP contribution in [0.25, 0.3) is 28.5 Å². The zero-order valence-electron chi connectivity index (χ0n) is 17.5. The molecular weight excluding hydrogens is 445 g/mol. The Hall–Kier alpha value is -3.20. The Bertz CT molecular complexity index is 1310. The third-order valence-corrected chi connectivity index (χ3v) is 6.28. The Morgan fingerprint density at radius 3 is 1.81 bits per heavy atom. The highest BCUT2D eigenvalue weighted by atomic mass is 32.5. The average Bonchev–Trinajstić information content (AvgIpc) is 3.11. The minimum atomic E-state index is -10.0. The summed E-state index contributed by atoms with van der Waals surface area (Å²) in [6.07, 6.45) is 0. The van der Waals surface area contributed by atoms with Gasteiger partial charge in [-0.15, -0.1) is 10.2 Å². The number of aromatic nitrogens is 3. The molecule has 0 saturated heterocycles. The molecule has 0 amide bonds. The highest BCUT2D eigenvalue weighted by Crippen LogP contribution is 3.02. The molecule has 4 rings (SSSR count). The topological polar surface area (TPSA) is 30.7 Å². The highest BCUT2D eigenvalue weighted by molar-refractivity contribution is 8.45. The largest absolute Gasteiger partial charge is 0.311 e. The summed E-state index contributed by atoms with van der Waals surface area (Å²) in [7, 11) is -10.0. The Kier molecular flexibility index (Phi) is 4.57. The number of nitrogens with zero attached hydrogens (tertiary/aromatic N) is 3. The van der Waals surface area contributed by atoms with E-state index in [-0.39, 0.29) is 11.6 Å². The molecule has 0 atom stereocenters. The lowest BCUT2D eigenvalue weighted by Crippen LogP contribution is -2.11. The van der Waals surface area contributed by atoms with Gasteiger partial charge in [0.1, 0.15) is 4.90 Å². The summed E-state index contributed by atoms with van der Waals surface area (Å²) in [5, 5.41) is 8.10. The second-order valence-electron chi connectivity index (χ2n) is 7.76. The second kappa shape index (κ2) is 6.65. The number of halogens is 5. The van der Waals surface area contributed by atoms with Crippen LogP contribution in [0.2, 0.25) is 0 Å². The average molecular weight is 465 g/mol. The first-order valence-corrected chi connectivity index (χ1v) is 11.6.